The Hall–Kier alpha value is -0.790. The number of aryl methyl sites for hydroxylation is 2. The molecule has 2 nitrogen and oxygen atoms in total. The average Bonchev–Trinajstić information content (AvgIpc) is 2.45. The van der Waals surface area contributed by atoms with Crippen LogP contribution in [0.25, 0.3) is 0 Å². The van der Waals surface area contributed by atoms with Crippen molar-refractivity contribution in [2.45, 2.75) is 46.0 Å². The molecule has 0 unspecified atom stereocenters. The maximum atomic E-state index is 4.16. The van der Waals surface area contributed by atoms with E-state index < -0.39 is 0 Å². The second kappa shape index (κ2) is 4.96. The van der Waals surface area contributed by atoms with Crippen LogP contribution in [-0.2, 0) is 6.42 Å². The molecule has 68 valence electrons. The standard InChI is InChI=1S/C10H18N2/c1-3-4-5-6-7-10-8-11-9(2)12-10/h8H,3-7H2,1-2H3,(H,11,12). The molecule has 1 aromatic heterocycles. The number of imidazole rings is 1. The van der Waals surface area contributed by atoms with Crippen LogP contribution >= 0.6 is 0 Å². The SMILES string of the molecule is CCCCCCc1cnc(C)[nH]1. The summed E-state index contributed by atoms with van der Waals surface area (Å²) in [5.74, 6) is 1.03. The van der Waals surface area contributed by atoms with Gasteiger partial charge in [0.05, 0.1) is 0 Å². The van der Waals surface area contributed by atoms with Crippen LogP contribution < -0.4 is 0 Å². The van der Waals surface area contributed by atoms with E-state index in [9.17, 15) is 0 Å². The minimum absolute atomic E-state index is 1.03. The van der Waals surface area contributed by atoms with Crippen LogP contribution in [0.3, 0.4) is 0 Å². The molecule has 1 N–H and O–H groups in total. The van der Waals surface area contributed by atoms with E-state index in [1.807, 2.05) is 13.1 Å². The monoisotopic (exact) mass is 166 g/mol. The van der Waals surface area contributed by atoms with E-state index in [4.69, 9.17) is 0 Å². The Morgan fingerprint density at radius 1 is 1.33 bits per heavy atom. The lowest BCUT2D eigenvalue weighted by Crippen LogP contribution is -1.85. The average molecular weight is 166 g/mol. The largest absolute Gasteiger partial charge is 0.346 e. The van der Waals surface area contributed by atoms with Crippen LogP contribution in [0.4, 0.5) is 0 Å². The van der Waals surface area contributed by atoms with E-state index >= 15 is 0 Å². The molecular formula is C10H18N2. The highest BCUT2D eigenvalue weighted by Gasteiger charge is 1.95. The van der Waals surface area contributed by atoms with Gasteiger partial charge in [-0.25, -0.2) is 4.98 Å². The Kier molecular flexibility index (Phi) is 3.85. The number of nitrogens with one attached hydrogen (secondary N) is 1. The van der Waals surface area contributed by atoms with Crippen LogP contribution in [0.2, 0.25) is 0 Å². The van der Waals surface area contributed by atoms with Gasteiger partial charge in [-0.05, 0) is 19.8 Å². The van der Waals surface area contributed by atoms with Gasteiger partial charge in [-0.2, -0.15) is 0 Å². The Balaban J connectivity index is 2.15. The van der Waals surface area contributed by atoms with Gasteiger partial charge < -0.3 is 4.98 Å². The third kappa shape index (κ3) is 3.07. The molecule has 0 radical (unpaired) electrons. The highest BCUT2D eigenvalue weighted by molar-refractivity contribution is 4.99. The van der Waals surface area contributed by atoms with Crippen molar-refractivity contribution < 1.29 is 0 Å². The van der Waals surface area contributed by atoms with Gasteiger partial charge in [0.15, 0.2) is 0 Å². The summed E-state index contributed by atoms with van der Waals surface area (Å²) < 4.78 is 0. The number of unbranched alkanes of at least 4 members (excludes halogenated alkanes) is 3. The predicted molar refractivity (Wildman–Crippen MR) is 51.2 cm³/mol. The number of H-pyrrole nitrogens is 1. The zero-order valence-corrected chi connectivity index (χ0v) is 8.06. The Morgan fingerprint density at radius 3 is 2.75 bits per heavy atom. The molecule has 0 aliphatic carbocycles. The number of hydrogen-bond donors (Lipinski definition) is 1. The van der Waals surface area contributed by atoms with E-state index in [1.54, 1.807) is 0 Å². The lowest BCUT2D eigenvalue weighted by Gasteiger charge is -1.96. The molecule has 2 heteroatoms. The van der Waals surface area contributed by atoms with Crippen molar-refractivity contribution in [1.82, 2.24) is 9.97 Å². The highest BCUT2D eigenvalue weighted by Crippen LogP contribution is 2.05. The maximum Gasteiger partial charge on any atom is 0.103 e. The smallest absolute Gasteiger partial charge is 0.103 e. The molecule has 12 heavy (non-hydrogen) atoms. The summed E-state index contributed by atoms with van der Waals surface area (Å²) in [4.78, 5) is 7.40. The van der Waals surface area contributed by atoms with E-state index in [0.717, 1.165) is 12.2 Å². The lowest BCUT2D eigenvalue weighted by molar-refractivity contribution is 0.661. The van der Waals surface area contributed by atoms with E-state index in [1.165, 1.54) is 31.4 Å². The fourth-order valence-corrected chi connectivity index (χ4v) is 1.34. The van der Waals surface area contributed by atoms with Gasteiger partial charge in [-0.3, -0.25) is 0 Å². The summed E-state index contributed by atoms with van der Waals surface area (Å²) in [5, 5.41) is 0. The van der Waals surface area contributed by atoms with Crippen molar-refractivity contribution in [3.05, 3.63) is 17.7 Å². The number of aromatic amines is 1. The molecule has 0 atom stereocenters. The van der Waals surface area contributed by atoms with Gasteiger partial charge in [-0.1, -0.05) is 26.2 Å². The Bertz CT molecular complexity index is 215. The number of rotatable bonds is 5. The van der Waals surface area contributed by atoms with Crippen LogP contribution in [0.5, 0.6) is 0 Å². The van der Waals surface area contributed by atoms with E-state index in [2.05, 4.69) is 16.9 Å². The van der Waals surface area contributed by atoms with Crippen molar-refractivity contribution in [3.8, 4) is 0 Å². The first-order valence-corrected chi connectivity index (χ1v) is 4.83. The molecule has 0 fully saturated rings. The topological polar surface area (TPSA) is 28.7 Å². The molecule has 0 bridgehead atoms. The van der Waals surface area contributed by atoms with Crippen molar-refractivity contribution in [1.29, 1.82) is 0 Å². The van der Waals surface area contributed by atoms with Crippen LogP contribution in [0.1, 0.15) is 44.1 Å². The molecule has 0 amide bonds. The molecule has 0 spiro atoms. The van der Waals surface area contributed by atoms with Gasteiger partial charge in [0.2, 0.25) is 0 Å². The van der Waals surface area contributed by atoms with Crippen LogP contribution in [0.15, 0.2) is 6.20 Å². The summed E-state index contributed by atoms with van der Waals surface area (Å²) in [6.07, 6.45) is 8.39. The molecule has 1 aromatic rings. The minimum Gasteiger partial charge on any atom is -0.346 e. The fourth-order valence-electron chi connectivity index (χ4n) is 1.34. The zero-order valence-electron chi connectivity index (χ0n) is 8.06. The first-order chi connectivity index (χ1) is 5.83. The van der Waals surface area contributed by atoms with Crippen molar-refractivity contribution >= 4 is 0 Å². The van der Waals surface area contributed by atoms with Gasteiger partial charge in [0, 0.05) is 11.9 Å². The molecular weight excluding hydrogens is 148 g/mol. The summed E-state index contributed by atoms with van der Waals surface area (Å²) in [7, 11) is 0. The first kappa shape index (κ1) is 9.30. The van der Waals surface area contributed by atoms with Crippen molar-refractivity contribution in [2.24, 2.45) is 0 Å². The highest BCUT2D eigenvalue weighted by atomic mass is 14.9. The first-order valence-electron chi connectivity index (χ1n) is 4.83. The van der Waals surface area contributed by atoms with Crippen molar-refractivity contribution in [2.75, 3.05) is 0 Å². The third-order valence-corrected chi connectivity index (χ3v) is 2.06. The molecule has 1 rings (SSSR count). The van der Waals surface area contributed by atoms with Gasteiger partial charge in [-0.15, -0.1) is 0 Å². The van der Waals surface area contributed by atoms with Gasteiger partial charge in [0.25, 0.3) is 0 Å². The third-order valence-electron chi connectivity index (χ3n) is 2.06. The Morgan fingerprint density at radius 2 is 2.17 bits per heavy atom. The quantitative estimate of drug-likeness (QED) is 0.669. The van der Waals surface area contributed by atoms with Crippen LogP contribution in [0, 0.1) is 6.92 Å². The molecule has 1 heterocycles. The zero-order chi connectivity index (χ0) is 8.81. The van der Waals surface area contributed by atoms with E-state index in [-0.39, 0.29) is 0 Å². The molecule has 0 aliphatic rings. The van der Waals surface area contributed by atoms with Gasteiger partial charge >= 0.3 is 0 Å². The van der Waals surface area contributed by atoms with Crippen LogP contribution in [-0.4, -0.2) is 9.97 Å². The molecule has 0 aromatic carbocycles. The minimum atomic E-state index is 1.03. The number of aromatic nitrogens is 2. The second-order valence-corrected chi connectivity index (χ2v) is 3.30. The number of hydrogen-bond acceptors (Lipinski definition) is 1. The van der Waals surface area contributed by atoms with Crippen molar-refractivity contribution in [3.63, 3.8) is 0 Å². The van der Waals surface area contributed by atoms with E-state index in [0.29, 0.717) is 0 Å². The molecule has 0 aliphatic heterocycles. The molecule has 0 saturated carbocycles. The number of nitrogens with zero attached hydrogens (tertiary/aromatic N) is 1. The molecule has 0 saturated heterocycles. The maximum absolute atomic E-state index is 4.16. The lowest BCUT2D eigenvalue weighted by atomic mass is 10.1. The summed E-state index contributed by atoms with van der Waals surface area (Å²) in [6.45, 7) is 4.23. The second-order valence-electron chi connectivity index (χ2n) is 3.30. The summed E-state index contributed by atoms with van der Waals surface area (Å²) >= 11 is 0. The van der Waals surface area contributed by atoms with Gasteiger partial charge in [0.1, 0.15) is 5.82 Å². The summed E-state index contributed by atoms with van der Waals surface area (Å²) in [6, 6.07) is 0. The summed E-state index contributed by atoms with van der Waals surface area (Å²) in [5.41, 5.74) is 1.28. The predicted octanol–water partition coefficient (Wildman–Crippen LogP) is 2.84. The normalized spacial score (nSPS) is 10.5. The Labute approximate surface area is 74.4 Å². The fraction of sp³-hybridized carbons (Fsp3) is 0.700.